The highest BCUT2D eigenvalue weighted by Gasteiger charge is 2.20. The van der Waals surface area contributed by atoms with Crippen molar-refractivity contribution in [3.8, 4) is 11.5 Å². The van der Waals surface area contributed by atoms with Crippen LogP contribution in [0.5, 0.6) is 11.5 Å². The molecule has 4 rings (SSSR count). The van der Waals surface area contributed by atoms with Crippen molar-refractivity contribution in [2.75, 3.05) is 13.3 Å². The molecule has 0 atom stereocenters. The first-order valence-corrected chi connectivity index (χ1v) is 8.07. The van der Waals surface area contributed by atoms with Crippen LogP contribution in [0.2, 0.25) is 5.02 Å². The van der Waals surface area contributed by atoms with Crippen molar-refractivity contribution in [1.29, 1.82) is 0 Å². The van der Waals surface area contributed by atoms with E-state index in [0.29, 0.717) is 10.8 Å². The summed E-state index contributed by atoms with van der Waals surface area (Å²) in [5.74, 6) is 1.46. The second-order valence-corrected chi connectivity index (χ2v) is 6.28. The van der Waals surface area contributed by atoms with Crippen LogP contribution in [0.3, 0.4) is 0 Å². The van der Waals surface area contributed by atoms with Crippen molar-refractivity contribution in [3.63, 3.8) is 0 Å². The van der Waals surface area contributed by atoms with Gasteiger partial charge in [0.1, 0.15) is 0 Å². The molecule has 23 heavy (non-hydrogen) atoms. The summed E-state index contributed by atoms with van der Waals surface area (Å²) in [5, 5.41) is 14.4. The summed E-state index contributed by atoms with van der Waals surface area (Å²) in [7, 11) is 0. The van der Waals surface area contributed by atoms with Crippen LogP contribution in [0.1, 0.15) is 23.4 Å². The van der Waals surface area contributed by atoms with Gasteiger partial charge in [-0.1, -0.05) is 11.6 Å². The smallest absolute Gasteiger partial charge is 0.231 e. The minimum atomic E-state index is -0.0199. The summed E-state index contributed by atoms with van der Waals surface area (Å²) in [6.45, 7) is 3.62. The number of halogens is 1. The minimum Gasteiger partial charge on any atom is -0.454 e. The molecule has 0 spiro atoms. The quantitative estimate of drug-likeness (QED) is 0.931. The predicted octanol–water partition coefficient (Wildman–Crippen LogP) is 2.16. The fraction of sp³-hybridized carbons (Fsp3) is 0.438. The maximum Gasteiger partial charge on any atom is 0.231 e. The number of aliphatic hydroxyl groups excluding tert-OH is 1. The van der Waals surface area contributed by atoms with E-state index in [4.69, 9.17) is 21.1 Å². The number of nitrogens with zero attached hydrogens (tertiary/aromatic N) is 3. The van der Waals surface area contributed by atoms with Gasteiger partial charge >= 0.3 is 0 Å². The third kappa shape index (κ3) is 2.89. The molecule has 1 aromatic carbocycles. The number of hydrogen-bond acceptors (Lipinski definition) is 5. The lowest BCUT2D eigenvalue weighted by Crippen LogP contribution is -2.23. The Labute approximate surface area is 139 Å². The minimum absolute atomic E-state index is 0.0199. The van der Waals surface area contributed by atoms with Crippen LogP contribution in [0.15, 0.2) is 18.2 Å². The van der Waals surface area contributed by atoms with Crippen LogP contribution in [0.25, 0.3) is 0 Å². The summed E-state index contributed by atoms with van der Waals surface area (Å²) in [4.78, 5) is 2.34. The van der Waals surface area contributed by atoms with E-state index in [9.17, 15) is 5.11 Å². The molecule has 7 heteroatoms. The van der Waals surface area contributed by atoms with E-state index in [2.05, 4.69) is 10.00 Å². The second-order valence-electron chi connectivity index (χ2n) is 5.87. The molecule has 0 saturated carbocycles. The number of benzene rings is 1. The van der Waals surface area contributed by atoms with Crippen molar-refractivity contribution < 1.29 is 14.6 Å². The zero-order chi connectivity index (χ0) is 15.8. The third-order valence-electron chi connectivity index (χ3n) is 4.24. The van der Waals surface area contributed by atoms with E-state index in [1.165, 1.54) is 0 Å². The number of ether oxygens (including phenoxy) is 2. The molecule has 1 aromatic heterocycles. The average molecular weight is 336 g/mol. The molecule has 0 saturated heterocycles. The number of aliphatic hydroxyl groups is 1. The number of hydrogen-bond donors (Lipinski definition) is 1. The number of aromatic nitrogens is 2. The van der Waals surface area contributed by atoms with E-state index < -0.39 is 0 Å². The lowest BCUT2D eigenvalue weighted by atomic mass is 10.1. The SMILES string of the molecule is OCc1cc2n(n1)CCCN(Cc1cc3c(cc1Cl)OCO3)C2. The fourth-order valence-corrected chi connectivity index (χ4v) is 3.34. The van der Waals surface area contributed by atoms with E-state index in [0.717, 1.165) is 55.3 Å². The summed E-state index contributed by atoms with van der Waals surface area (Å²) < 4.78 is 12.8. The van der Waals surface area contributed by atoms with Gasteiger partial charge in [-0.2, -0.15) is 5.10 Å². The van der Waals surface area contributed by atoms with E-state index in [1.54, 1.807) is 0 Å². The van der Waals surface area contributed by atoms with Crippen LogP contribution in [-0.2, 0) is 26.2 Å². The zero-order valence-electron chi connectivity index (χ0n) is 12.7. The first-order chi connectivity index (χ1) is 11.2. The van der Waals surface area contributed by atoms with Crippen molar-refractivity contribution in [2.45, 2.75) is 32.7 Å². The summed E-state index contributed by atoms with van der Waals surface area (Å²) in [5.41, 5.74) is 2.89. The molecule has 2 aromatic rings. The molecule has 2 aliphatic heterocycles. The average Bonchev–Trinajstić information content (AvgIpc) is 3.10. The molecule has 0 unspecified atom stereocenters. The van der Waals surface area contributed by atoms with Gasteiger partial charge in [0.2, 0.25) is 6.79 Å². The molecule has 1 N–H and O–H groups in total. The Bertz CT molecular complexity index is 732. The normalized spacial score (nSPS) is 17.1. The zero-order valence-corrected chi connectivity index (χ0v) is 13.4. The van der Waals surface area contributed by atoms with Crippen LogP contribution in [0.4, 0.5) is 0 Å². The van der Waals surface area contributed by atoms with Crippen molar-refractivity contribution >= 4 is 11.6 Å². The highest BCUT2D eigenvalue weighted by atomic mass is 35.5. The van der Waals surface area contributed by atoms with Gasteiger partial charge in [-0.25, -0.2) is 0 Å². The highest BCUT2D eigenvalue weighted by molar-refractivity contribution is 6.31. The van der Waals surface area contributed by atoms with Gasteiger partial charge in [-0.3, -0.25) is 9.58 Å². The monoisotopic (exact) mass is 335 g/mol. The van der Waals surface area contributed by atoms with Gasteiger partial charge in [0.15, 0.2) is 11.5 Å². The fourth-order valence-electron chi connectivity index (χ4n) is 3.12. The van der Waals surface area contributed by atoms with E-state index in [-0.39, 0.29) is 13.4 Å². The van der Waals surface area contributed by atoms with Crippen LogP contribution < -0.4 is 9.47 Å². The number of aryl methyl sites for hydroxylation is 1. The van der Waals surface area contributed by atoms with Gasteiger partial charge in [-0.05, 0) is 24.1 Å². The Kier molecular flexibility index (Phi) is 3.88. The third-order valence-corrected chi connectivity index (χ3v) is 4.59. The number of fused-ring (bicyclic) bond motifs is 2. The molecule has 122 valence electrons. The van der Waals surface area contributed by atoms with Crippen LogP contribution in [-0.4, -0.2) is 33.1 Å². The Morgan fingerprint density at radius 1 is 1.17 bits per heavy atom. The summed E-state index contributed by atoms with van der Waals surface area (Å²) >= 11 is 6.38. The lowest BCUT2D eigenvalue weighted by molar-refractivity contribution is 0.174. The van der Waals surface area contributed by atoms with Crippen LogP contribution >= 0.6 is 11.6 Å². The van der Waals surface area contributed by atoms with E-state index >= 15 is 0 Å². The molecule has 3 heterocycles. The van der Waals surface area contributed by atoms with Crippen LogP contribution in [0, 0.1) is 0 Å². The van der Waals surface area contributed by atoms with E-state index in [1.807, 2.05) is 22.9 Å². The number of rotatable bonds is 3. The first-order valence-electron chi connectivity index (χ1n) is 7.70. The molecule has 0 aliphatic carbocycles. The molecule has 0 bridgehead atoms. The molecular formula is C16H18ClN3O3. The Balaban J connectivity index is 1.55. The summed E-state index contributed by atoms with van der Waals surface area (Å²) in [6, 6.07) is 5.76. The van der Waals surface area contributed by atoms with Crippen molar-refractivity contribution in [3.05, 3.63) is 40.2 Å². The Morgan fingerprint density at radius 3 is 2.83 bits per heavy atom. The molecular weight excluding hydrogens is 318 g/mol. The van der Waals surface area contributed by atoms with Gasteiger partial charge in [0.25, 0.3) is 0 Å². The lowest BCUT2D eigenvalue weighted by Gasteiger charge is -2.20. The molecule has 0 radical (unpaired) electrons. The van der Waals surface area contributed by atoms with Gasteiger partial charge in [-0.15, -0.1) is 0 Å². The second kappa shape index (κ2) is 6.03. The Morgan fingerprint density at radius 2 is 2.00 bits per heavy atom. The Hall–Kier alpha value is -1.76. The van der Waals surface area contributed by atoms with Crippen molar-refractivity contribution in [2.24, 2.45) is 0 Å². The predicted molar refractivity (Wildman–Crippen MR) is 84.5 cm³/mol. The standard InChI is InChI=1S/C16H18ClN3O3/c17-14-6-16-15(22-10-23-16)4-11(14)7-19-2-1-3-20-13(8-19)5-12(9-21)18-20/h4-6,21H,1-3,7-10H2. The van der Waals surface area contributed by atoms with Gasteiger partial charge in [0, 0.05) is 37.3 Å². The first kappa shape index (κ1) is 14.8. The largest absolute Gasteiger partial charge is 0.454 e. The van der Waals surface area contributed by atoms with Gasteiger partial charge < -0.3 is 14.6 Å². The molecule has 0 amide bonds. The molecule has 0 fully saturated rings. The summed E-state index contributed by atoms with van der Waals surface area (Å²) in [6.07, 6.45) is 1.02. The molecule has 2 aliphatic rings. The van der Waals surface area contributed by atoms with Gasteiger partial charge in [0.05, 0.1) is 18.0 Å². The topological polar surface area (TPSA) is 59.8 Å². The maximum atomic E-state index is 9.25. The van der Waals surface area contributed by atoms with Crippen molar-refractivity contribution in [1.82, 2.24) is 14.7 Å². The molecule has 6 nitrogen and oxygen atoms in total. The highest BCUT2D eigenvalue weighted by Crippen LogP contribution is 2.37. The maximum absolute atomic E-state index is 9.25.